The third kappa shape index (κ3) is 4.30. The fraction of sp³-hybridized carbons (Fsp3) is 0.905. The van der Waals surface area contributed by atoms with Crippen molar-refractivity contribution in [3.05, 3.63) is 0 Å². The quantitative estimate of drug-likeness (QED) is 0.652. The Morgan fingerprint density at radius 1 is 0.923 bits per heavy atom. The predicted molar refractivity (Wildman–Crippen MR) is 104 cm³/mol. The monoisotopic (exact) mass is 363 g/mol. The minimum Gasteiger partial charge on any atom is -0.302 e. The second-order valence-electron chi connectivity index (χ2n) is 9.34. The van der Waals surface area contributed by atoms with Crippen LogP contribution in [0.3, 0.4) is 0 Å². The second-order valence-corrected chi connectivity index (χ2v) is 9.34. The van der Waals surface area contributed by atoms with Crippen molar-refractivity contribution < 1.29 is 9.59 Å². The Hall–Kier alpha value is -0.940. The van der Waals surface area contributed by atoms with Gasteiger partial charge in [-0.25, -0.2) is 0 Å². The summed E-state index contributed by atoms with van der Waals surface area (Å²) < 4.78 is 0. The van der Waals surface area contributed by atoms with Gasteiger partial charge in [-0.2, -0.15) is 0 Å². The number of hydrogen-bond acceptors (Lipinski definition) is 4. The van der Waals surface area contributed by atoms with Crippen LogP contribution >= 0.6 is 0 Å². The molecule has 0 saturated carbocycles. The molecule has 3 saturated heterocycles. The number of piperidine rings is 1. The van der Waals surface area contributed by atoms with E-state index in [1.165, 1.54) is 12.8 Å². The molecule has 2 atom stereocenters. The molecule has 3 rings (SSSR count). The van der Waals surface area contributed by atoms with E-state index in [9.17, 15) is 9.59 Å². The van der Waals surface area contributed by atoms with Crippen LogP contribution in [0.25, 0.3) is 0 Å². The molecule has 3 heterocycles. The number of fused-ring (bicyclic) bond motifs is 1. The van der Waals surface area contributed by atoms with Gasteiger partial charge in [-0.15, -0.1) is 0 Å². The lowest BCUT2D eigenvalue weighted by Gasteiger charge is -2.35. The van der Waals surface area contributed by atoms with E-state index < -0.39 is 0 Å². The molecule has 0 spiro atoms. The van der Waals surface area contributed by atoms with Crippen molar-refractivity contribution in [2.75, 3.05) is 39.3 Å². The van der Waals surface area contributed by atoms with Crippen LogP contribution in [0.15, 0.2) is 0 Å². The van der Waals surface area contributed by atoms with E-state index in [1.807, 2.05) is 0 Å². The number of carbonyl (C=O) groups excluding carboxylic acids is 2. The molecule has 0 radical (unpaired) electrons. The Morgan fingerprint density at radius 2 is 1.50 bits per heavy atom. The molecular formula is C21H37N3O2. The summed E-state index contributed by atoms with van der Waals surface area (Å²) in [5.41, 5.74) is 0. The van der Waals surface area contributed by atoms with Gasteiger partial charge in [0.25, 0.3) is 0 Å². The predicted octanol–water partition coefficient (Wildman–Crippen LogP) is 2.46. The summed E-state index contributed by atoms with van der Waals surface area (Å²) in [6.07, 6.45) is 4.52. The lowest BCUT2D eigenvalue weighted by Crippen LogP contribution is -2.40. The molecule has 0 aromatic carbocycles. The van der Waals surface area contributed by atoms with Crippen molar-refractivity contribution in [2.45, 2.75) is 59.4 Å². The normalized spacial score (nSPS) is 28.8. The lowest BCUT2D eigenvalue weighted by molar-refractivity contribution is -0.140. The molecule has 0 aromatic heterocycles. The zero-order chi connectivity index (χ0) is 18.8. The van der Waals surface area contributed by atoms with Gasteiger partial charge in [0.05, 0.1) is 11.8 Å². The number of likely N-dealkylation sites (tertiary alicyclic amines) is 3. The van der Waals surface area contributed by atoms with Crippen LogP contribution in [-0.2, 0) is 9.59 Å². The Morgan fingerprint density at radius 3 is 2.00 bits per heavy atom. The van der Waals surface area contributed by atoms with Crippen LogP contribution in [0, 0.1) is 23.7 Å². The van der Waals surface area contributed by atoms with Crippen molar-refractivity contribution in [1.82, 2.24) is 14.7 Å². The maximum Gasteiger partial charge on any atom is 0.234 e. The fourth-order valence-corrected chi connectivity index (χ4v) is 4.81. The molecule has 0 aliphatic carbocycles. The molecule has 3 aliphatic rings. The van der Waals surface area contributed by atoms with Gasteiger partial charge >= 0.3 is 0 Å². The summed E-state index contributed by atoms with van der Waals surface area (Å²) in [5.74, 6) is 1.39. The van der Waals surface area contributed by atoms with Crippen molar-refractivity contribution in [2.24, 2.45) is 23.7 Å². The number of nitrogens with zero attached hydrogens (tertiary/aromatic N) is 3. The van der Waals surface area contributed by atoms with Gasteiger partial charge in [0, 0.05) is 25.7 Å². The summed E-state index contributed by atoms with van der Waals surface area (Å²) in [6, 6.07) is 0.621. The van der Waals surface area contributed by atoms with E-state index in [1.54, 1.807) is 4.90 Å². The van der Waals surface area contributed by atoms with Crippen LogP contribution in [0.1, 0.15) is 53.4 Å². The molecule has 5 nitrogen and oxygen atoms in total. The first-order chi connectivity index (χ1) is 12.4. The maximum atomic E-state index is 12.8. The van der Waals surface area contributed by atoms with E-state index >= 15 is 0 Å². The van der Waals surface area contributed by atoms with Crippen LogP contribution < -0.4 is 0 Å². The zero-order valence-electron chi connectivity index (χ0n) is 17.1. The Bertz CT molecular complexity index is 487. The number of rotatable bonds is 7. The minimum absolute atomic E-state index is 0.0718. The first kappa shape index (κ1) is 19.8. The SMILES string of the molecule is CC(C)CCN1C[C@@H]2C(=O)N(CCC3CCN(C(C)C)CC3)C(=O)[C@@H]2C1. The number of hydrogen-bond donors (Lipinski definition) is 0. The topological polar surface area (TPSA) is 43.9 Å². The molecule has 0 N–H and O–H groups in total. The van der Waals surface area contributed by atoms with E-state index in [4.69, 9.17) is 0 Å². The summed E-state index contributed by atoms with van der Waals surface area (Å²) >= 11 is 0. The second kappa shape index (κ2) is 8.39. The highest BCUT2D eigenvalue weighted by molar-refractivity contribution is 6.05. The third-order valence-corrected chi connectivity index (χ3v) is 6.72. The van der Waals surface area contributed by atoms with Crippen LogP contribution in [0.4, 0.5) is 0 Å². The third-order valence-electron chi connectivity index (χ3n) is 6.72. The minimum atomic E-state index is -0.0718. The van der Waals surface area contributed by atoms with Gasteiger partial charge in [-0.1, -0.05) is 13.8 Å². The van der Waals surface area contributed by atoms with E-state index in [2.05, 4.69) is 37.5 Å². The molecule has 0 unspecified atom stereocenters. The average Bonchev–Trinajstić information content (AvgIpc) is 3.12. The van der Waals surface area contributed by atoms with Gasteiger partial charge < -0.3 is 9.80 Å². The highest BCUT2D eigenvalue weighted by atomic mass is 16.2. The summed E-state index contributed by atoms with van der Waals surface area (Å²) in [6.45, 7) is 14.5. The van der Waals surface area contributed by atoms with Gasteiger partial charge in [0.15, 0.2) is 0 Å². The molecular weight excluding hydrogens is 326 g/mol. The fourth-order valence-electron chi connectivity index (χ4n) is 4.81. The van der Waals surface area contributed by atoms with Crippen LogP contribution in [0.5, 0.6) is 0 Å². The summed E-state index contributed by atoms with van der Waals surface area (Å²) in [5, 5.41) is 0. The highest BCUT2D eigenvalue weighted by Crippen LogP contribution is 2.34. The van der Waals surface area contributed by atoms with Crippen LogP contribution in [-0.4, -0.2) is 71.8 Å². The van der Waals surface area contributed by atoms with Gasteiger partial charge in [-0.05, 0) is 71.0 Å². The Kier molecular flexibility index (Phi) is 6.39. The van der Waals surface area contributed by atoms with Crippen molar-refractivity contribution in [1.29, 1.82) is 0 Å². The maximum absolute atomic E-state index is 12.8. The van der Waals surface area contributed by atoms with Crippen molar-refractivity contribution in [3.8, 4) is 0 Å². The molecule has 3 aliphatic heterocycles. The first-order valence-electron chi connectivity index (χ1n) is 10.7. The van der Waals surface area contributed by atoms with Gasteiger partial charge in [0.2, 0.25) is 11.8 Å². The van der Waals surface area contributed by atoms with E-state index in [-0.39, 0.29) is 23.7 Å². The summed E-state index contributed by atoms with van der Waals surface area (Å²) in [4.78, 5) is 32.0. The van der Waals surface area contributed by atoms with Gasteiger partial charge in [-0.3, -0.25) is 14.5 Å². The molecule has 2 amide bonds. The van der Waals surface area contributed by atoms with Crippen molar-refractivity contribution >= 4 is 11.8 Å². The molecule has 0 aromatic rings. The first-order valence-corrected chi connectivity index (χ1v) is 10.7. The average molecular weight is 364 g/mol. The Labute approximate surface area is 159 Å². The standard InChI is InChI=1S/C21H37N3O2/c1-15(2)5-9-22-13-18-19(14-22)21(26)24(20(18)25)12-8-17-6-10-23(11-7-17)16(3)4/h15-19H,5-14H2,1-4H3/t18-,19+. The molecule has 26 heavy (non-hydrogen) atoms. The Balaban J connectivity index is 1.45. The van der Waals surface area contributed by atoms with Crippen LogP contribution in [0.2, 0.25) is 0 Å². The van der Waals surface area contributed by atoms with E-state index in [0.717, 1.165) is 45.6 Å². The number of amides is 2. The lowest BCUT2D eigenvalue weighted by atomic mass is 9.92. The largest absolute Gasteiger partial charge is 0.302 e. The smallest absolute Gasteiger partial charge is 0.234 e. The summed E-state index contributed by atoms with van der Waals surface area (Å²) in [7, 11) is 0. The van der Waals surface area contributed by atoms with Gasteiger partial charge in [0.1, 0.15) is 0 Å². The zero-order valence-corrected chi connectivity index (χ0v) is 17.1. The molecule has 3 fully saturated rings. The molecule has 148 valence electrons. The molecule has 0 bridgehead atoms. The number of carbonyl (C=O) groups is 2. The number of imide groups is 1. The van der Waals surface area contributed by atoms with Crippen molar-refractivity contribution in [3.63, 3.8) is 0 Å². The highest BCUT2D eigenvalue weighted by Gasteiger charge is 2.51. The van der Waals surface area contributed by atoms with E-state index in [0.29, 0.717) is 24.4 Å². The molecule has 5 heteroatoms.